The van der Waals surface area contributed by atoms with Crippen LogP contribution in [0.4, 0.5) is 5.69 Å². The number of hydrogen-bond donors (Lipinski definition) is 3. The second-order valence-corrected chi connectivity index (χ2v) is 6.87. The Kier molecular flexibility index (Phi) is 4.96. The zero-order valence-electron chi connectivity index (χ0n) is 12.7. The van der Waals surface area contributed by atoms with E-state index in [4.69, 9.17) is 4.74 Å². The fourth-order valence-corrected chi connectivity index (χ4v) is 3.30. The molecular formula is C16H14BrN3O3S. The topological polar surface area (TPSA) is 87.0 Å². The first-order chi connectivity index (χ1) is 11.5. The van der Waals surface area contributed by atoms with Gasteiger partial charge >= 0.3 is 5.69 Å². The van der Waals surface area contributed by atoms with E-state index in [1.807, 2.05) is 24.3 Å². The summed E-state index contributed by atoms with van der Waals surface area (Å²) in [6.45, 7) is 0. The fourth-order valence-electron chi connectivity index (χ4n) is 2.16. The quantitative estimate of drug-likeness (QED) is 0.565. The summed E-state index contributed by atoms with van der Waals surface area (Å²) in [5.74, 6) is 0.927. The lowest BCUT2D eigenvalue weighted by molar-refractivity contribution is -0.113. The van der Waals surface area contributed by atoms with Crippen LogP contribution in [-0.4, -0.2) is 28.7 Å². The van der Waals surface area contributed by atoms with Crippen LogP contribution in [0.15, 0.2) is 50.6 Å². The molecule has 0 spiro atoms. The smallest absolute Gasteiger partial charge is 0.323 e. The van der Waals surface area contributed by atoms with E-state index >= 15 is 0 Å². The normalized spacial score (nSPS) is 10.8. The van der Waals surface area contributed by atoms with Crippen LogP contribution in [0, 0.1) is 0 Å². The Morgan fingerprint density at radius 2 is 1.88 bits per heavy atom. The number of nitrogens with one attached hydrogen (secondary N) is 3. The zero-order chi connectivity index (χ0) is 17.1. The van der Waals surface area contributed by atoms with Crippen molar-refractivity contribution in [3.05, 3.63) is 51.4 Å². The summed E-state index contributed by atoms with van der Waals surface area (Å²) < 4.78 is 5.80. The van der Waals surface area contributed by atoms with Crippen LogP contribution in [0.2, 0.25) is 0 Å². The molecular weight excluding hydrogens is 394 g/mol. The number of aromatic amines is 2. The molecule has 0 saturated carbocycles. The SMILES string of the molecule is COc1ccc(SCC(=O)Nc2cc3[nH]c(=O)[nH]c3cc2Br)cc1. The summed E-state index contributed by atoms with van der Waals surface area (Å²) in [4.78, 5) is 29.8. The van der Waals surface area contributed by atoms with Gasteiger partial charge in [-0.3, -0.25) is 4.79 Å². The van der Waals surface area contributed by atoms with Crippen LogP contribution in [0.1, 0.15) is 0 Å². The minimum absolute atomic E-state index is 0.131. The number of aromatic nitrogens is 2. The van der Waals surface area contributed by atoms with E-state index in [2.05, 4.69) is 31.2 Å². The maximum atomic E-state index is 12.1. The third-order valence-corrected chi connectivity index (χ3v) is 4.98. The second-order valence-electron chi connectivity index (χ2n) is 4.97. The van der Waals surface area contributed by atoms with E-state index in [0.29, 0.717) is 21.2 Å². The fraction of sp³-hybridized carbons (Fsp3) is 0.125. The van der Waals surface area contributed by atoms with Gasteiger partial charge in [0.1, 0.15) is 5.75 Å². The number of halogens is 1. The van der Waals surface area contributed by atoms with Gasteiger partial charge in [-0.1, -0.05) is 0 Å². The number of fused-ring (bicyclic) bond motifs is 1. The molecule has 1 aromatic heterocycles. The molecule has 24 heavy (non-hydrogen) atoms. The largest absolute Gasteiger partial charge is 0.497 e. The molecule has 0 saturated heterocycles. The summed E-state index contributed by atoms with van der Waals surface area (Å²) >= 11 is 4.83. The van der Waals surface area contributed by atoms with Crippen LogP contribution in [0.3, 0.4) is 0 Å². The van der Waals surface area contributed by atoms with Crippen molar-refractivity contribution in [3.8, 4) is 5.75 Å². The van der Waals surface area contributed by atoms with Crippen molar-refractivity contribution in [1.29, 1.82) is 0 Å². The van der Waals surface area contributed by atoms with Gasteiger partial charge in [0.25, 0.3) is 0 Å². The molecule has 124 valence electrons. The zero-order valence-corrected chi connectivity index (χ0v) is 15.1. The molecule has 3 rings (SSSR count). The van der Waals surface area contributed by atoms with Crippen molar-refractivity contribution in [3.63, 3.8) is 0 Å². The third-order valence-electron chi connectivity index (χ3n) is 3.31. The highest BCUT2D eigenvalue weighted by molar-refractivity contribution is 9.10. The Hall–Kier alpha value is -2.19. The predicted octanol–water partition coefficient (Wildman–Crippen LogP) is 3.36. The first-order valence-electron chi connectivity index (χ1n) is 7.03. The number of benzene rings is 2. The molecule has 0 aliphatic rings. The first-order valence-corrected chi connectivity index (χ1v) is 8.81. The van der Waals surface area contributed by atoms with E-state index in [9.17, 15) is 9.59 Å². The number of imidazole rings is 1. The van der Waals surface area contributed by atoms with Gasteiger partial charge in [-0.2, -0.15) is 0 Å². The van der Waals surface area contributed by atoms with Gasteiger partial charge in [0, 0.05) is 9.37 Å². The second kappa shape index (κ2) is 7.14. The molecule has 0 aliphatic carbocycles. The van der Waals surface area contributed by atoms with Gasteiger partial charge in [-0.25, -0.2) is 4.79 Å². The van der Waals surface area contributed by atoms with Crippen molar-refractivity contribution >= 4 is 50.3 Å². The van der Waals surface area contributed by atoms with Gasteiger partial charge in [-0.05, 0) is 52.3 Å². The van der Waals surface area contributed by atoms with Gasteiger partial charge < -0.3 is 20.0 Å². The number of carbonyl (C=O) groups excluding carboxylic acids is 1. The standard InChI is InChI=1S/C16H14BrN3O3S/c1-23-9-2-4-10(5-3-9)24-8-15(21)18-12-7-14-13(6-11(12)17)19-16(22)20-14/h2-7H,8H2,1H3,(H,18,21)(H2,19,20,22). The lowest BCUT2D eigenvalue weighted by Gasteiger charge is -2.08. The van der Waals surface area contributed by atoms with Crippen molar-refractivity contribution in [2.75, 3.05) is 18.2 Å². The number of amides is 1. The van der Waals surface area contributed by atoms with Crippen molar-refractivity contribution in [2.45, 2.75) is 4.90 Å². The van der Waals surface area contributed by atoms with E-state index in [1.165, 1.54) is 11.8 Å². The van der Waals surface area contributed by atoms with E-state index in [0.717, 1.165) is 10.6 Å². The van der Waals surface area contributed by atoms with Crippen molar-refractivity contribution in [2.24, 2.45) is 0 Å². The predicted molar refractivity (Wildman–Crippen MR) is 99.0 cm³/mol. The first kappa shape index (κ1) is 16.7. The summed E-state index contributed by atoms with van der Waals surface area (Å²) in [6, 6.07) is 11.0. The highest BCUT2D eigenvalue weighted by atomic mass is 79.9. The molecule has 8 heteroatoms. The van der Waals surface area contributed by atoms with Crippen LogP contribution >= 0.6 is 27.7 Å². The van der Waals surface area contributed by atoms with E-state index in [-0.39, 0.29) is 17.3 Å². The van der Waals surface area contributed by atoms with Crippen LogP contribution in [0.25, 0.3) is 11.0 Å². The minimum Gasteiger partial charge on any atom is -0.497 e. The number of thioether (sulfide) groups is 1. The van der Waals surface area contributed by atoms with E-state index < -0.39 is 0 Å². The molecule has 0 unspecified atom stereocenters. The molecule has 6 nitrogen and oxygen atoms in total. The van der Waals surface area contributed by atoms with Crippen molar-refractivity contribution < 1.29 is 9.53 Å². The summed E-state index contributed by atoms with van der Waals surface area (Å²) in [5.41, 5.74) is 1.65. The minimum atomic E-state index is -0.282. The molecule has 0 radical (unpaired) electrons. The number of H-pyrrole nitrogens is 2. The Balaban J connectivity index is 1.65. The lowest BCUT2D eigenvalue weighted by Crippen LogP contribution is -2.14. The third kappa shape index (κ3) is 3.82. The molecule has 3 aromatic rings. The van der Waals surface area contributed by atoms with Crippen LogP contribution in [-0.2, 0) is 4.79 Å². The average Bonchev–Trinajstić information content (AvgIpc) is 2.92. The van der Waals surface area contributed by atoms with Crippen LogP contribution in [0.5, 0.6) is 5.75 Å². The Bertz CT molecular complexity index is 934. The maximum Gasteiger partial charge on any atom is 0.323 e. The highest BCUT2D eigenvalue weighted by Gasteiger charge is 2.09. The molecule has 2 aromatic carbocycles. The Morgan fingerprint density at radius 3 is 2.54 bits per heavy atom. The number of rotatable bonds is 5. The number of anilines is 1. The Morgan fingerprint density at radius 1 is 1.21 bits per heavy atom. The summed E-state index contributed by atoms with van der Waals surface area (Å²) in [7, 11) is 1.61. The summed E-state index contributed by atoms with van der Waals surface area (Å²) in [6.07, 6.45) is 0. The van der Waals surface area contributed by atoms with Crippen molar-refractivity contribution in [1.82, 2.24) is 9.97 Å². The Labute approximate surface area is 150 Å². The monoisotopic (exact) mass is 407 g/mol. The van der Waals surface area contributed by atoms with Crippen LogP contribution < -0.4 is 15.7 Å². The van der Waals surface area contributed by atoms with E-state index in [1.54, 1.807) is 19.2 Å². The molecule has 0 fully saturated rings. The number of ether oxygens (including phenoxy) is 1. The van der Waals surface area contributed by atoms with Gasteiger partial charge in [0.2, 0.25) is 5.91 Å². The average molecular weight is 408 g/mol. The van der Waals surface area contributed by atoms with Gasteiger partial charge in [-0.15, -0.1) is 11.8 Å². The molecule has 0 aliphatic heterocycles. The molecule has 1 heterocycles. The van der Waals surface area contributed by atoms with Gasteiger partial charge in [0.05, 0.1) is 29.6 Å². The molecule has 3 N–H and O–H groups in total. The maximum absolute atomic E-state index is 12.1. The number of methoxy groups -OCH3 is 1. The molecule has 0 bridgehead atoms. The number of hydrogen-bond acceptors (Lipinski definition) is 4. The summed E-state index contributed by atoms with van der Waals surface area (Å²) in [5, 5.41) is 2.84. The molecule has 1 amide bonds. The molecule has 0 atom stereocenters. The van der Waals surface area contributed by atoms with Gasteiger partial charge in [0.15, 0.2) is 0 Å². The highest BCUT2D eigenvalue weighted by Crippen LogP contribution is 2.27. The number of carbonyl (C=O) groups is 1. The lowest BCUT2D eigenvalue weighted by atomic mass is 10.3.